The third kappa shape index (κ3) is 5.51. The molecule has 0 saturated heterocycles. The van der Waals surface area contributed by atoms with E-state index in [0.29, 0.717) is 34.2 Å². The summed E-state index contributed by atoms with van der Waals surface area (Å²) in [4.78, 5) is 24.5. The first-order chi connectivity index (χ1) is 14.6. The maximum absolute atomic E-state index is 12.4. The molecule has 7 nitrogen and oxygen atoms in total. The van der Waals surface area contributed by atoms with Crippen LogP contribution in [0.5, 0.6) is 17.2 Å². The molecule has 2 amide bonds. The van der Waals surface area contributed by atoms with Gasteiger partial charge in [-0.05, 0) is 48.5 Å². The number of para-hydroxylation sites is 1. The summed E-state index contributed by atoms with van der Waals surface area (Å²) in [7, 11) is 3.08. The van der Waals surface area contributed by atoms with Crippen LogP contribution >= 0.6 is 0 Å². The van der Waals surface area contributed by atoms with Gasteiger partial charge in [0.2, 0.25) is 0 Å². The largest absolute Gasteiger partial charge is 0.497 e. The van der Waals surface area contributed by atoms with Crippen molar-refractivity contribution < 1.29 is 23.8 Å². The van der Waals surface area contributed by atoms with Gasteiger partial charge in [-0.2, -0.15) is 0 Å². The number of rotatable bonds is 8. The molecule has 0 spiro atoms. The summed E-state index contributed by atoms with van der Waals surface area (Å²) in [6.07, 6.45) is 0. The Kier molecular flexibility index (Phi) is 6.89. The molecule has 0 saturated carbocycles. The molecule has 0 aliphatic carbocycles. The number of ether oxygens (including phenoxy) is 3. The Balaban J connectivity index is 1.53. The quantitative estimate of drug-likeness (QED) is 0.591. The van der Waals surface area contributed by atoms with Gasteiger partial charge in [0.25, 0.3) is 11.8 Å². The van der Waals surface area contributed by atoms with Crippen LogP contribution in [-0.4, -0.2) is 32.6 Å². The fraction of sp³-hybridized carbons (Fsp3) is 0.130. The van der Waals surface area contributed by atoms with E-state index in [-0.39, 0.29) is 18.4 Å². The van der Waals surface area contributed by atoms with Crippen molar-refractivity contribution in [1.82, 2.24) is 0 Å². The van der Waals surface area contributed by atoms with E-state index in [1.54, 1.807) is 79.9 Å². The monoisotopic (exact) mass is 406 g/mol. The zero-order chi connectivity index (χ0) is 21.3. The summed E-state index contributed by atoms with van der Waals surface area (Å²) in [6, 6.07) is 20.8. The van der Waals surface area contributed by atoms with Crippen LogP contribution in [0, 0.1) is 0 Å². The number of nitrogens with one attached hydrogen (secondary N) is 2. The maximum Gasteiger partial charge on any atom is 0.262 e. The van der Waals surface area contributed by atoms with Crippen molar-refractivity contribution in [2.24, 2.45) is 0 Å². The van der Waals surface area contributed by atoms with Crippen molar-refractivity contribution in [3.8, 4) is 17.2 Å². The minimum Gasteiger partial charge on any atom is -0.497 e. The van der Waals surface area contributed by atoms with Crippen LogP contribution in [0.25, 0.3) is 0 Å². The lowest BCUT2D eigenvalue weighted by Gasteiger charge is -2.11. The second kappa shape index (κ2) is 9.97. The molecule has 3 aromatic rings. The minimum atomic E-state index is -0.295. The molecule has 0 aromatic heterocycles. The van der Waals surface area contributed by atoms with E-state index in [9.17, 15) is 9.59 Å². The highest BCUT2D eigenvalue weighted by Crippen LogP contribution is 2.21. The molecule has 0 aliphatic rings. The molecule has 0 radical (unpaired) electrons. The Morgan fingerprint density at radius 2 is 1.53 bits per heavy atom. The fourth-order valence-electron chi connectivity index (χ4n) is 2.71. The predicted octanol–water partition coefficient (Wildman–Crippen LogP) is 3.97. The summed E-state index contributed by atoms with van der Waals surface area (Å²) in [6.45, 7) is -0.149. The molecular weight excluding hydrogens is 384 g/mol. The Hall–Kier alpha value is -4.00. The molecule has 0 unspecified atom stereocenters. The van der Waals surface area contributed by atoms with Crippen LogP contribution in [0.4, 0.5) is 11.4 Å². The second-order valence-corrected chi connectivity index (χ2v) is 6.25. The number of hydrogen-bond acceptors (Lipinski definition) is 5. The average molecular weight is 406 g/mol. The Bertz CT molecular complexity index is 1020. The first-order valence-electron chi connectivity index (χ1n) is 9.20. The number of methoxy groups -OCH3 is 2. The molecular formula is C23H22N2O5. The smallest absolute Gasteiger partial charge is 0.262 e. The number of anilines is 2. The number of hydrogen-bond donors (Lipinski definition) is 2. The Labute approximate surface area is 174 Å². The Morgan fingerprint density at radius 3 is 2.27 bits per heavy atom. The maximum atomic E-state index is 12.4. The summed E-state index contributed by atoms with van der Waals surface area (Å²) in [5.74, 6) is 1.08. The normalized spacial score (nSPS) is 10.1. The summed E-state index contributed by atoms with van der Waals surface area (Å²) < 4.78 is 15.8. The van der Waals surface area contributed by atoms with Crippen LogP contribution in [0.2, 0.25) is 0 Å². The SMILES string of the molecule is COc1cccc(NC(=O)COc2ccc(NC(=O)c3ccccc3OC)cc2)c1. The summed E-state index contributed by atoms with van der Waals surface area (Å²) in [5, 5.41) is 5.54. The van der Waals surface area contributed by atoms with Crippen LogP contribution < -0.4 is 24.8 Å². The van der Waals surface area contributed by atoms with Crippen molar-refractivity contribution in [3.05, 3.63) is 78.4 Å². The first-order valence-corrected chi connectivity index (χ1v) is 9.20. The zero-order valence-corrected chi connectivity index (χ0v) is 16.7. The van der Waals surface area contributed by atoms with Crippen LogP contribution in [0.3, 0.4) is 0 Å². The molecule has 0 heterocycles. The highest BCUT2D eigenvalue weighted by atomic mass is 16.5. The molecule has 154 valence electrons. The highest BCUT2D eigenvalue weighted by Gasteiger charge is 2.12. The van der Waals surface area contributed by atoms with Gasteiger partial charge in [-0.15, -0.1) is 0 Å². The molecule has 0 fully saturated rings. The predicted molar refractivity (Wildman–Crippen MR) is 115 cm³/mol. The second-order valence-electron chi connectivity index (χ2n) is 6.25. The third-order valence-electron chi connectivity index (χ3n) is 4.19. The number of carbonyl (C=O) groups excluding carboxylic acids is 2. The average Bonchev–Trinajstić information content (AvgIpc) is 2.78. The van der Waals surface area contributed by atoms with E-state index < -0.39 is 0 Å². The van der Waals surface area contributed by atoms with Crippen molar-refractivity contribution in [3.63, 3.8) is 0 Å². The van der Waals surface area contributed by atoms with Gasteiger partial charge in [0, 0.05) is 17.4 Å². The van der Waals surface area contributed by atoms with Gasteiger partial charge < -0.3 is 24.8 Å². The van der Waals surface area contributed by atoms with Crippen molar-refractivity contribution in [1.29, 1.82) is 0 Å². The number of benzene rings is 3. The number of amides is 2. The topological polar surface area (TPSA) is 85.9 Å². The first kappa shape index (κ1) is 20.7. The van der Waals surface area contributed by atoms with Crippen LogP contribution in [-0.2, 0) is 4.79 Å². The van der Waals surface area contributed by atoms with E-state index in [2.05, 4.69) is 10.6 Å². The van der Waals surface area contributed by atoms with Crippen LogP contribution in [0.15, 0.2) is 72.8 Å². The molecule has 0 atom stereocenters. The lowest BCUT2D eigenvalue weighted by Crippen LogP contribution is -2.20. The lowest BCUT2D eigenvalue weighted by atomic mass is 10.2. The standard InChI is InChI=1S/C23H22N2O5/c1-28-19-7-5-6-17(14-19)24-22(26)15-30-18-12-10-16(11-13-18)25-23(27)20-8-3-4-9-21(20)29-2/h3-14H,15H2,1-2H3,(H,24,26)(H,25,27). The van der Waals surface area contributed by atoms with E-state index in [1.807, 2.05) is 0 Å². The van der Waals surface area contributed by atoms with E-state index in [0.717, 1.165) is 0 Å². The number of carbonyl (C=O) groups is 2. The van der Waals surface area contributed by atoms with Gasteiger partial charge in [0.05, 0.1) is 19.8 Å². The van der Waals surface area contributed by atoms with Gasteiger partial charge in [0.1, 0.15) is 17.2 Å². The summed E-state index contributed by atoms with van der Waals surface area (Å²) in [5.41, 5.74) is 1.66. The van der Waals surface area contributed by atoms with Gasteiger partial charge >= 0.3 is 0 Å². The molecule has 2 N–H and O–H groups in total. The van der Waals surface area contributed by atoms with Gasteiger partial charge in [-0.1, -0.05) is 18.2 Å². The van der Waals surface area contributed by atoms with Gasteiger partial charge in [-0.25, -0.2) is 0 Å². The summed E-state index contributed by atoms with van der Waals surface area (Å²) >= 11 is 0. The van der Waals surface area contributed by atoms with E-state index >= 15 is 0 Å². The van der Waals surface area contributed by atoms with E-state index in [4.69, 9.17) is 14.2 Å². The highest BCUT2D eigenvalue weighted by molar-refractivity contribution is 6.06. The zero-order valence-electron chi connectivity index (χ0n) is 16.7. The van der Waals surface area contributed by atoms with Crippen molar-refractivity contribution in [2.75, 3.05) is 31.5 Å². The molecule has 0 bridgehead atoms. The third-order valence-corrected chi connectivity index (χ3v) is 4.19. The molecule has 0 aliphatic heterocycles. The molecule has 7 heteroatoms. The van der Waals surface area contributed by atoms with E-state index in [1.165, 1.54) is 7.11 Å². The van der Waals surface area contributed by atoms with Crippen molar-refractivity contribution >= 4 is 23.2 Å². The van der Waals surface area contributed by atoms with Crippen molar-refractivity contribution in [2.45, 2.75) is 0 Å². The Morgan fingerprint density at radius 1 is 0.767 bits per heavy atom. The lowest BCUT2D eigenvalue weighted by molar-refractivity contribution is -0.118. The fourth-order valence-corrected chi connectivity index (χ4v) is 2.71. The van der Waals surface area contributed by atoms with Gasteiger partial charge in [-0.3, -0.25) is 9.59 Å². The molecule has 3 rings (SSSR count). The molecule has 30 heavy (non-hydrogen) atoms. The minimum absolute atomic E-state index is 0.149. The van der Waals surface area contributed by atoms with Gasteiger partial charge in [0.15, 0.2) is 6.61 Å². The van der Waals surface area contributed by atoms with Crippen LogP contribution in [0.1, 0.15) is 10.4 Å². The molecule has 3 aromatic carbocycles.